The van der Waals surface area contributed by atoms with Gasteiger partial charge in [-0.1, -0.05) is 23.9 Å². The third-order valence-electron chi connectivity index (χ3n) is 5.78. The normalized spacial score (nSPS) is 18.0. The minimum Gasteiger partial charge on any atom is -0.548 e. The Hall–Kier alpha value is -2.16. The number of nitrogens with two attached hydrogens (primary N) is 1. The van der Waals surface area contributed by atoms with Gasteiger partial charge in [-0.2, -0.15) is 0 Å². The van der Waals surface area contributed by atoms with E-state index in [9.17, 15) is 34.2 Å². The van der Waals surface area contributed by atoms with Gasteiger partial charge in [0, 0.05) is 24.2 Å². The SMILES string of the molecule is Cn1nnnc1SCC1=C(C(=O)[O-])N2C(=O)[C@@H](NC(=O)Cc3ccc(NC(=O)OC[C@@H](N)C(=O)[O-])cc3)[C@@H]2SC1.[Na+].[Na+]. The summed E-state index contributed by atoms with van der Waals surface area (Å²) in [5, 5.41) is 38.5. The first-order valence-electron chi connectivity index (χ1n) is 11.6. The molecule has 3 heterocycles. The summed E-state index contributed by atoms with van der Waals surface area (Å²) in [5.41, 5.74) is 6.39. The molecule has 1 aromatic heterocycles. The van der Waals surface area contributed by atoms with Crippen LogP contribution in [0.3, 0.4) is 0 Å². The average Bonchev–Trinajstić information content (AvgIpc) is 3.33. The Labute approximate surface area is 291 Å². The molecule has 212 valence electrons. The van der Waals surface area contributed by atoms with Gasteiger partial charge in [0.25, 0.3) is 5.91 Å². The number of aliphatic carboxylic acids is 2. The molecule has 2 aliphatic heterocycles. The number of aryl methyl sites for hydroxylation is 1. The Morgan fingerprint density at radius 3 is 2.50 bits per heavy atom. The molecule has 3 amide bonds. The topological polar surface area (TPSA) is 238 Å². The molecule has 4 N–H and O–H groups in total. The van der Waals surface area contributed by atoms with Crippen LogP contribution in [0, 0.1) is 0 Å². The van der Waals surface area contributed by atoms with Crippen molar-refractivity contribution in [1.82, 2.24) is 30.4 Å². The van der Waals surface area contributed by atoms with Crippen LogP contribution in [-0.4, -0.2) is 90.5 Å². The molecule has 2 aromatic rings. The zero-order valence-corrected chi connectivity index (χ0v) is 28.4. The first-order chi connectivity index (χ1) is 19.0. The molecular weight excluding hydrogens is 614 g/mol. The van der Waals surface area contributed by atoms with Crippen LogP contribution in [0.2, 0.25) is 0 Å². The van der Waals surface area contributed by atoms with Crippen LogP contribution >= 0.6 is 23.5 Å². The van der Waals surface area contributed by atoms with Crippen LogP contribution in [0.25, 0.3) is 0 Å². The number of β-lactam (4-membered cyclic amide) rings is 1. The number of rotatable bonds is 11. The quantitative estimate of drug-likeness (QED) is 0.118. The molecule has 3 atom stereocenters. The largest absolute Gasteiger partial charge is 1.00 e. The van der Waals surface area contributed by atoms with Gasteiger partial charge in [0.2, 0.25) is 11.1 Å². The van der Waals surface area contributed by atoms with Crippen LogP contribution in [0.1, 0.15) is 5.56 Å². The zero-order chi connectivity index (χ0) is 29.0. The van der Waals surface area contributed by atoms with Crippen LogP contribution in [-0.2, 0) is 37.4 Å². The molecular formula is C22H22N8Na2O8S2. The summed E-state index contributed by atoms with van der Waals surface area (Å²) in [7, 11) is 1.65. The first kappa shape index (κ1) is 36.0. The van der Waals surface area contributed by atoms with Crippen molar-refractivity contribution in [2.75, 3.05) is 23.4 Å². The summed E-state index contributed by atoms with van der Waals surface area (Å²) >= 11 is 2.56. The van der Waals surface area contributed by atoms with E-state index in [-0.39, 0.29) is 77.0 Å². The van der Waals surface area contributed by atoms with Crippen molar-refractivity contribution in [2.45, 2.75) is 29.0 Å². The van der Waals surface area contributed by atoms with E-state index >= 15 is 0 Å². The molecule has 0 bridgehead atoms. The van der Waals surface area contributed by atoms with Gasteiger partial charge in [-0.3, -0.25) is 19.8 Å². The Balaban J connectivity index is 0.00000308. The molecule has 42 heavy (non-hydrogen) atoms. The number of aromatic nitrogens is 4. The molecule has 0 unspecified atom stereocenters. The van der Waals surface area contributed by atoms with Gasteiger partial charge in [-0.25, -0.2) is 9.48 Å². The number of anilines is 1. The van der Waals surface area contributed by atoms with Gasteiger partial charge in [0.1, 0.15) is 18.0 Å². The van der Waals surface area contributed by atoms with E-state index < -0.39 is 53.9 Å². The molecule has 2 aliphatic rings. The molecule has 4 rings (SSSR count). The molecule has 1 saturated heterocycles. The van der Waals surface area contributed by atoms with Crippen molar-refractivity contribution in [1.29, 1.82) is 0 Å². The molecule has 16 nitrogen and oxygen atoms in total. The minimum atomic E-state index is -1.55. The zero-order valence-electron chi connectivity index (χ0n) is 22.8. The van der Waals surface area contributed by atoms with E-state index in [2.05, 4.69) is 26.2 Å². The van der Waals surface area contributed by atoms with Gasteiger partial charge in [0.15, 0.2) is 0 Å². The second-order valence-corrected chi connectivity index (χ2v) is 10.6. The van der Waals surface area contributed by atoms with Crippen molar-refractivity contribution in [3.63, 3.8) is 0 Å². The van der Waals surface area contributed by atoms with Crippen molar-refractivity contribution in [3.05, 3.63) is 41.1 Å². The summed E-state index contributed by atoms with van der Waals surface area (Å²) in [6.07, 6.45) is -0.999. The van der Waals surface area contributed by atoms with Gasteiger partial charge in [0.05, 0.1) is 30.1 Å². The number of amides is 3. The Morgan fingerprint density at radius 1 is 1.21 bits per heavy atom. The van der Waals surface area contributed by atoms with E-state index in [0.717, 1.165) is 4.90 Å². The Morgan fingerprint density at radius 2 is 1.90 bits per heavy atom. The van der Waals surface area contributed by atoms with Crippen molar-refractivity contribution in [3.8, 4) is 0 Å². The molecule has 0 spiro atoms. The Bertz CT molecular complexity index is 1380. The smallest absolute Gasteiger partial charge is 0.548 e. The number of hydrogen-bond donors (Lipinski definition) is 3. The molecule has 20 heteroatoms. The third kappa shape index (κ3) is 8.70. The number of nitrogens with one attached hydrogen (secondary N) is 2. The summed E-state index contributed by atoms with van der Waals surface area (Å²) in [6.45, 7) is -0.565. The maximum absolute atomic E-state index is 12.8. The van der Waals surface area contributed by atoms with Crippen molar-refractivity contribution < 1.29 is 98.0 Å². The van der Waals surface area contributed by atoms with E-state index in [1.807, 2.05) is 0 Å². The van der Waals surface area contributed by atoms with Gasteiger partial charge in [-0.15, -0.1) is 16.9 Å². The molecule has 1 fully saturated rings. The van der Waals surface area contributed by atoms with E-state index in [0.29, 0.717) is 27.7 Å². The number of ether oxygens (including phenoxy) is 1. The fourth-order valence-electron chi connectivity index (χ4n) is 3.78. The van der Waals surface area contributed by atoms with Gasteiger partial charge < -0.3 is 35.6 Å². The van der Waals surface area contributed by atoms with Crippen LogP contribution in [0.15, 0.2) is 40.7 Å². The monoisotopic (exact) mass is 636 g/mol. The number of thioether (sulfide) groups is 2. The number of carbonyl (C=O) groups excluding carboxylic acids is 5. The Kier molecular flexibility index (Phi) is 13.8. The number of carboxylic acids is 2. The first-order valence-corrected chi connectivity index (χ1v) is 13.6. The van der Waals surface area contributed by atoms with Crippen molar-refractivity contribution in [2.24, 2.45) is 12.8 Å². The fraction of sp³-hybridized carbons (Fsp3) is 0.364. The van der Waals surface area contributed by atoms with Gasteiger partial charge >= 0.3 is 65.2 Å². The number of hydrogen-bond acceptors (Lipinski definition) is 14. The van der Waals surface area contributed by atoms with Gasteiger partial charge in [-0.05, 0) is 33.7 Å². The number of benzene rings is 1. The number of tetrazole rings is 1. The third-order valence-corrected chi connectivity index (χ3v) is 8.21. The average molecular weight is 637 g/mol. The van der Waals surface area contributed by atoms with E-state index in [1.54, 1.807) is 19.2 Å². The van der Waals surface area contributed by atoms with E-state index in [1.165, 1.54) is 40.3 Å². The number of fused-ring (bicyclic) bond motifs is 1. The van der Waals surface area contributed by atoms with E-state index in [4.69, 9.17) is 10.5 Å². The molecule has 0 saturated carbocycles. The number of carboxylic acid groups (broad SMARTS) is 2. The number of carbonyl (C=O) groups is 5. The van der Waals surface area contributed by atoms with Crippen LogP contribution in [0.5, 0.6) is 0 Å². The predicted octanol–water partition coefficient (Wildman–Crippen LogP) is -9.42. The van der Waals surface area contributed by atoms with Crippen LogP contribution in [0.4, 0.5) is 10.5 Å². The summed E-state index contributed by atoms with van der Waals surface area (Å²) in [6, 6.07) is 3.80. The van der Waals surface area contributed by atoms with Crippen LogP contribution < -0.4 is 85.7 Å². The summed E-state index contributed by atoms with van der Waals surface area (Å²) in [5.74, 6) is -3.48. The predicted molar refractivity (Wildman–Crippen MR) is 135 cm³/mol. The molecule has 0 radical (unpaired) electrons. The molecule has 0 aliphatic carbocycles. The maximum Gasteiger partial charge on any atom is 1.00 e. The standard InChI is InChI=1S/C22H24N8O8S2.2Na/c1-29-21(26-27-28-29)40-9-11-8-39-18-15(17(32)30(18)16(11)20(35)36)25-14(31)6-10-2-4-12(5-3-10)24-22(37)38-7-13(23)19(33)34;;/h2-5,13,15,18H,6-9,23H2,1H3,(H,24,37)(H,25,31)(H,33,34)(H,35,36);;/q;2*+1/p-2/t13-,15-,18+;;/m1../s1. The molecule has 1 aromatic carbocycles. The summed E-state index contributed by atoms with van der Waals surface area (Å²) in [4.78, 5) is 60.8. The summed E-state index contributed by atoms with van der Waals surface area (Å²) < 4.78 is 6.14. The fourth-order valence-corrected chi connectivity index (χ4v) is 6.12. The second kappa shape index (κ2) is 16.1. The van der Waals surface area contributed by atoms with Crippen molar-refractivity contribution >= 4 is 59.1 Å². The number of nitrogens with zero attached hydrogens (tertiary/aromatic N) is 5. The maximum atomic E-state index is 12.8. The minimum absolute atomic E-state index is 0. The second-order valence-electron chi connectivity index (χ2n) is 8.59.